The molecule has 2 aromatic carbocycles. The number of ether oxygens (including phenoxy) is 1. The number of hydrogen-bond donors (Lipinski definition) is 1. The van der Waals surface area contributed by atoms with E-state index in [-0.39, 0.29) is 12.1 Å². The Balaban J connectivity index is 2.04. The van der Waals surface area contributed by atoms with Gasteiger partial charge in [0, 0.05) is 5.02 Å². The van der Waals surface area contributed by atoms with Gasteiger partial charge < -0.3 is 10.1 Å². The Labute approximate surface area is 135 Å². The van der Waals surface area contributed by atoms with Crippen LogP contribution in [0.25, 0.3) is 0 Å². The highest BCUT2D eigenvalue weighted by atomic mass is 35.5. The number of rotatable bonds is 2. The minimum atomic E-state index is -0.0719. The summed E-state index contributed by atoms with van der Waals surface area (Å²) in [5, 5.41) is 4.68. The van der Waals surface area contributed by atoms with E-state index in [9.17, 15) is 0 Å². The van der Waals surface area contributed by atoms with E-state index >= 15 is 0 Å². The number of nitrogens with one attached hydrogen (secondary N) is 1. The maximum absolute atomic E-state index is 6.28. The fourth-order valence-electron chi connectivity index (χ4n) is 2.68. The van der Waals surface area contributed by atoms with Crippen LogP contribution in [0.5, 0.6) is 5.75 Å². The molecule has 3 rings (SSSR count). The lowest BCUT2D eigenvalue weighted by molar-refractivity contribution is 0.150. The molecule has 2 nitrogen and oxygen atoms in total. The monoisotopic (exact) mass is 321 g/mol. The van der Waals surface area contributed by atoms with E-state index in [0.717, 1.165) is 11.3 Å². The lowest BCUT2D eigenvalue weighted by Crippen LogP contribution is -2.39. The molecule has 1 heterocycles. The van der Waals surface area contributed by atoms with Gasteiger partial charge in [0.25, 0.3) is 0 Å². The predicted molar refractivity (Wildman–Crippen MR) is 88.5 cm³/mol. The topological polar surface area (TPSA) is 21.3 Å². The van der Waals surface area contributed by atoms with Crippen molar-refractivity contribution in [1.29, 1.82) is 0 Å². The first-order valence-corrected chi connectivity index (χ1v) is 7.79. The van der Waals surface area contributed by atoms with Crippen molar-refractivity contribution in [1.82, 2.24) is 0 Å². The lowest BCUT2D eigenvalue weighted by atomic mass is 9.91. The van der Waals surface area contributed by atoms with Gasteiger partial charge in [-0.1, -0.05) is 67.4 Å². The molecule has 1 N–H and O–H groups in total. The Bertz CT molecular complexity index is 643. The molecule has 21 heavy (non-hydrogen) atoms. The summed E-state index contributed by atoms with van der Waals surface area (Å²) < 4.78 is 6.22. The molecule has 0 aromatic heterocycles. The van der Waals surface area contributed by atoms with Gasteiger partial charge in [0.15, 0.2) is 5.75 Å². The van der Waals surface area contributed by atoms with E-state index in [0.29, 0.717) is 21.7 Å². The Morgan fingerprint density at radius 3 is 2.48 bits per heavy atom. The van der Waals surface area contributed by atoms with Crippen LogP contribution in [0.3, 0.4) is 0 Å². The summed E-state index contributed by atoms with van der Waals surface area (Å²) in [6.45, 7) is 4.35. The molecule has 0 saturated heterocycles. The van der Waals surface area contributed by atoms with Gasteiger partial charge in [0.2, 0.25) is 0 Å². The van der Waals surface area contributed by atoms with Crippen LogP contribution in [-0.2, 0) is 0 Å². The highest BCUT2D eigenvalue weighted by Gasteiger charge is 2.34. The van der Waals surface area contributed by atoms with E-state index in [1.807, 2.05) is 24.3 Å². The number of halogens is 2. The quantitative estimate of drug-likeness (QED) is 0.781. The van der Waals surface area contributed by atoms with Crippen molar-refractivity contribution in [3.8, 4) is 5.75 Å². The lowest BCUT2D eigenvalue weighted by Gasteiger charge is -2.38. The largest absolute Gasteiger partial charge is 0.480 e. The number of anilines is 1. The normalized spacial score (nSPS) is 20.6. The van der Waals surface area contributed by atoms with Gasteiger partial charge in [-0.2, -0.15) is 0 Å². The molecule has 0 bridgehead atoms. The molecule has 0 fully saturated rings. The predicted octanol–water partition coefficient (Wildman–Crippen LogP) is 5.56. The van der Waals surface area contributed by atoms with E-state index in [2.05, 4.69) is 31.3 Å². The second-order valence-corrected chi connectivity index (χ2v) is 6.47. The molecule has 2 atom stereocenters. The first-order chi connectivity index (χ1) is 10.1. The number of hydrogen-bond acceptors (Lipinski definition) is 2. The third-order valence-electron chi connectivity index (χ3n) is 3.75. The minimum absolute atomic E-state index is 0.0719. The van der Waals surface area contributed by atoms with Crippen LogP contribution in [-0.4, -0.2) is 6.04 Å². The molecule has 110 valence electrons. The molecule has 0 radical (unpaired) electrons. The molecule has 2 unspecified atom stereocenters. The van der Waals surface area contributed by atoms with E-state index < -0.39 is 0 Å². The van der Waals surface area contributed by atoms with Gasteiger partial charge in [0.05, 0.1) is 16.8 Å². The van der Waals surface area contributed by atoms with Crippen LogP contribution in [0.15, 0.2) is 42.5 Å². The summed E-state index contributed by atoms with van der Waals surface area (Å²) >= 11 is 12.4. The first-order valence-electron chi connectivity index (χ1n) is 7.03. The van der Waals surface area contributed by atoms with Gasteiger partial charge in [0.1, 0.15) is 6.10 Å². The highest BCUT2D eigenvalue weighted by molar-refractivity contribution is 6.36. The first kappa shape index (κ1) is 14.6. The SMILES string of the molecule is CC(C)C1Nc2cc(Cl)cc(Cl)c2OC1c1ccccc1. The number of benzene rings is 2. The Morgan fingerprint density at radius 1 is 1.10 bits per heavy atom. The molecule has 0 aliphatic carbocycles. The smallest absolute Gasteiger partial charge is 0.162 e. The van der Waals surface area contributed by atoms with Crippen LogP contribution in [0.4, 0.5) is 5.69 Å². The minimum Gasteiger partial charge on any atom is -0.480 e. The Hall–Kier alpha value is -1.38. The van der Waals surface area contributed by atoms with Crippen LogP contribution in [0, 0.1) is 5.92 Å². The molecule has 2 aromatic rings. The van der Waals surface area contributed by atoms with Crippen molar-refractivity contribution in [3.05, 3.63) is 58.1 Å². The zero-order valence-electron chi connectivity index (χ0n) is 11.9. The van der Waals surface area contributed by atoms with E-state index in [1.54, 1.807) is 6.07 Å². The highest BCUT2D eigenvalue weighted by Crippen LogP contribution is 2.45. The molecule has 1 aliphatic heterocycles. The second-order valence-electron chi connectivity index (χ2n) is 5.63. The standard InChI is InChI=1S/C17H17Cl2NO/c1-10(2)15-16(11-6-4-3-5-7-11)21-17-13(19)8-12(18)9-14(17)20-15/h3-10,15-16,20H,1-2H3. The number of fused-ring (bicyclic) bond motifs is 1. The summed E-state index contributed by atoms with van der Waals surface area (Å²) in [4.78, 5) is 0. The van der Waals surface area contributed by atoms with Crippen molar-refractivity contribution in [2.24, 2.45) is 5.92 Å². The maximum Gasteiger partial charge on any atom is 0.162 e. The molecule has 1 aliphatic rings. The Morgan fingerprint density at radius 2 is 1.81 bits per heavy atom. The fraction of sp³-hybridized carbons (Fsp3) is 0.294. The van der Waals surface area contributed by atoms with Gasteiger partial charge in [-0.05, 0) is 23.6 Å². The summed E-state index contributed by atoms with van der Waals surface area (Å²) in [6.07, 6.45) is -0.0719. The van der Waals surface area contributed by atoms with Crippen molar-refractivity contribution >= 4 is 28.9 Å². The van der Waals surface area contributed by atoms with Crippen molar-refractivity contribution in [2.75, 3.05) is 5.32 Å². The van der Waals surface area contributed by atoms with E-state index in [4.69, 9.17) is 27.9 Å². The summed E-state index contributed by atoms with van der Waals surface area (Å²) in [5.41, 5.74) is 2.00. The summed E-state index contributed by atoms with van der Waals surface area (Å²) in [7, 11) is 0. The second kappa shape index (κ2) is 5.78. The molecule has 0 saturated carbocycles. The zero-order chi connectivity index (χ0) is 15.0. The summed E-state index contributed by atoms with van der Waals surface area (Å²) in [6, 6.07) is 13.9. The van der Waals surface area contributed by atoms with E-state index in [1.165, 1.54) is 0 Å². The van der Waals surface area contributed by atoms with Crippen molar-refractivity contribution < 1.29 is 4.74 Å². The van der Waals surface area contributed by atoms with Gasteiger partial charge in [-0.3, -0.25) is 0 Å². The van der Waals surface area contributed by atoms with Crippen LogP contribution in [0.1, 0.15) is 25.5 Å². The van der Waals surface area contributed by atoms with Crippen molar-refractivity contribution in [2.45, 2.75) is 26.0 Å². The third kappa shape index (κ3) is 2.83. The molecule has 4 heteroatoms. The Kier molecular flexibility index (Phi) is 4.01. The van der Waals surface area contributed by atoms with Gasteiger partial charge >= 0.3 is 0 Å². The fourth-order valence-corrected chi connectivity index (χ4v) is 3.22. The summed E-state index contributed by atoms with van der Waals surface area (Å²) in [5.74, 6) is 1.08. The molecule has 0 amide bonds. The average molecular weight is 322 g/mol. The van der Waals surface area contributed by atoms with Gasteiger partial charge in [-0.25, -0.2) is 0 Å². The van der Waals surface area contributed by atoms with Crippen LogP contribution in [0.2, 0.25) is 10.0 Å². The van der Waals surface area contributed by atoms with Crippen LogP contribution < -0.4 is 10.1 Å². The van der Waals surface area contributed by atoms with Crippen molar-refractivity contribution in [3.63, 3.8) is 0 Å². The zero-order valence-corrected chi connectivity index (χ0v) is 13.4. The third-order valence-corrected chi connectivity index (χ3v) is 4.25. The molecule has 0 spiro atoms. The maximum atomic E-state index is 6.28. The average Bonchev–Trinajstić information content (AvgIpc) is 2.46. The van der Waals surface area contributed by atoms with Gasteiger partial charge in [-0.15, -0.1) is 0 Å². The molecular weight excluding hydrogens is 305 g/mol. The van der Waals surface area contributed by atoms with Crippen LogP contribution >= 0.6 is 23.2 Å². The molecular formula is C17H17Cl2NO.